The fourth-order valence-electron chi connectivity index (χ4n) is 5.21. The van der Waals surface area contributed by atoms with Gasteiger partial charge in [0.2, 0.25) is 29.5 Å². The van der Waals surface area contributed by atoms with Crippen LogP contribution in [-0.4, -0.2) is 66.8 Å². The first kappa shape index (κ1) is 34.9. The van der Waals surface area contributed by atoms with Crippen LogP contribution in [-0.2, 0) is 30.4 Å². The summed E-state index contributed by atoms with van der Waals surface area (Å²) in [4.78, 5) is 66.7. The second-order valence-corrected chi connectivity index (χ2v) is 11.4. The highest BCUT2D eigenvalue weighted by atomic mass is 16.2. The summed E-state index contributed by atoms with van der Waals surface area (Å²) in [5.74, 6) is -2.42. The van der Waals surface area contributed by atoms with Gasteiger partial charge in [-0.1, -0.05) is 82.2 Å². The predicted octanol–water partition coefficient (Wildman–Crippen LogP) is 1.24. The lowest BCUT2D eigenvalue weighted by atomic mass is 10.00. The number of amides is 5. The highest BCUT2D eigenvalue weighted by Gasteiger charge is 2.32. The Morgan fingerprint density at radius 3 is 2.09 bits per heavy atom. The summed E-state index contributed by atoms with van der Waals surface area (Å²) in [6, 6.07) is 9.79. The molecule has 12 nitrogen and oxygen atoms in total. The van der Waals surface area contributed by atoms with E-state index in [0.29, 0.717) is 25.8 Å². The quantitative estimate of drug-likeness (QED) is 0.174. The minimum Gasteiger partial charge on any atom is -0.386 e. The zero-order valence-electron chi connectivity index (χ0n) is 26.2. The van der Waals surface area contributed by atoms with Gasteiger partial charge in [0.15, 0.2) is 0 Å². The molecule has 1 aliphatic heterocycles. The molecule has 0 spiro atoms. The van der Waals surface area contributed by atoms with E-state index >= 15 is 0 Å². The summed E-state index contributed by atoms with van der Waals surface area (Å²) >= 11 is 0. The average Bonchev–Trinajstić information content (AvgIpc) is 3.02. The van der Waals surface area contributed by atoms with E-state index in [2.05, 4.69) is 38.5 Å². The van der Waals surface area contributed by atoms with E-state index in [1.807, 2.05) is 49.4 Å². The molecule has 3 rings (SSSR count). The van der Waals surface area contributed by atoms with Crippen molar-refractivity contribution in [1.82, 2.24) is 31.9 Å². The van der Waals surface area contributed by atoms with E-state index in [4.69, 9.17) is 5.73 Å². The fraction of sp³-hybridized carbons (Fsp3) is 0.485. The van der Waals surface area contributed by atoms with Crippen LogP contribution in [0.25, 0.3) is 10.8 Å². The van der Waals surface area contributed by atoms with Crippen molar-refractivity contribution in [2.45, 2.75) is 89.4 Å². The van der Waals surface area contributed by atoms with E-state index in [1.165, 1.54) is 0 Å². The smallest absolute Gasteiger partial charge is 0.243 e. The molecule has 0 bridgehead atoms. The molecular weight excluding hydrogens is 574 g/mol. The number of carbonyl (C=O) groups excluding carboxylic acids is 5. The van der Waals surface area contributed by atoms with Gasteiger partial charge in [0.25, 0.3) is 0 Å². The monoisotopic (exact) mass is 621 g/mol. The van der Waals surface area contributed by atoms with E-state index in [0.717, 1.165) is 29.2 Å². The summed E-state index contributed by atoms with van der Waals surface area (Å²) in [5.41, 5.74) is 6.39. The maximum absolute atomic E-state index is 13.8. The van der Waals surface area contributed by atoms with Crippen LogP contribution in [0.2, 0.25) is 0 Å². The lowest BCUT2D eigenvalue weighted by Crippen LogP contribution is -2.58. The lowest BCUT2D eigenvalue weighted by Gasteiger charge is -2.26. The zero-order chi connectivity index (χ0) is 32.8. The van der Waals surface area contributed by atoms with Crippen molar-refractivity contribution in [1.29, 1.82) is 0 Å². The number of unbranched alkanes of at least 4 members (excludes halogenated alkanes) is 2. The number of carbonyl (C=O) groups is 5. The zero-order valence-corrected chi connectivity index (χ0v) is 26.2. The lowest BCUT2D eigenvalue weighted by molar-refractivity contribution is -0.134. The molecule has 2 aromatic carbocycles. The third-order valence-corrected chi connectivity index (χ3v) is 7.75. The standard InChI is InChI=1S/C33H47N7O5/c1-4-6-7-13-27-32(44)38-26(14-10-17-35-21(3)34)30(42)36-20-29(41)37-25(5-2)31(43)40-28(33(45)39-27)19-22-15-16-23-11-8-9-12-24(23)18-22/h8-9,11-12,15-16,18,25-28,35H,3-7,10,13-14,17,19-20,34H2,1-2H3,(H,36,42)(H,37,41)(H,38,44)(H,39,45)(H,40,43)/t25-,26-,27-,28+/m0/s1. The van der Waals surface area contributed by atoms with Crippen molar-refractivity contribution in [3.05, 3.63) is 60.4 Å². The average molecular weight is 622 g/mol. The molecule has 8 N–H and O–H groups in total. The maximum atomic E-state index is 13.8. The van der Waals surface area contributed by atoms with Gasteiger partial charge in [-0.15, -0.1) is 0 Å². The minimum atomic E-state index is -1.03. The molecule has 0 radical (unpaired) electrons. The molecule has 1 saturated heterocycles. The molecule has 12 heteroatoms. The highest BCUT2D eigenvalue weighted by molar-refractivity contribution is 5.97. The van der Waals surface area contributed by atoms with E-state index in [9.17, 15) is 24.0 Å². The van der Waals surface area contributed by atoms with Crippen LogP contribution in [0.5, 0.6) is 0 Å². The molecule has 2 aromatic rings. The predicted molar refractivity (Wildman–Crippen MR) is 173 cm³/mol. The van der Waals surface area contributed by atoms with Gasteiger partial charge < -0.3 is 37.6 Å². The topological polar surface area (TPSA) is 184 Å². The van der Waals surface area contributed by atoms with Gasteiger partial charge in [0.1, 0.15) is 24.2 Å². The van der Waals surface area contributed by atoms with Crippen LogP contribution < -0.4 is 37.6 Å². The molecule has 244 valence electrons. The van der Waals surface area contributed by atoms with Crippen molar-refractivity contribution in [3.63, 3.8) is 0 Å². The minimum absolute atomic E-state index is 0.165. The van der Waals surface area contributed by atoms with E-state index in [1.54, 1.807) is 6.92 Å². The Hall–Kier alpha value is -4.61. The van der Waals surface area contributed by atoms with Crippen molar-refractivity contribution < 1.29 is 24.0 Å². The van der Waals surface area contributed by atoms with E-state index < -0.39 is 53.7 Å². The Balaban J connectivity index is 1.92. The molecular formula is C33H47N7O5. The number of nitrogens with one attached hydrogen (secondary N) is 6. The van der Waals surface area contributed by atoms with Crippen LogP contribution in [0.3, 0.4) is 0 Å². The third kappa shape index (κ3) is 11.1. The molecule has 1 fully saturated rings. The summed E-state index contributed by atoms with van der Waals surface area (Å²) in [6.45, 7) is 7.40. The molecule has 45 heavy (non-hydrogen) atoms. The van der Waals surface area contributed by atoms with Crippen LogP contribution in [0.1, 0.15) is 64.4 Å². The first-order valence-electron chi connectivity index (χ1n) is 15.7. The normalized spacial score (nSPS) is 21.8. The van der Waals surface area contributed by atoms with Crippen molar-refractivity contribution in [2.75, 3.05) is 13.1 Å². The Morgan fingerprint density at radius 2 is 1.40 bits per heavy atom. The first-order chi connectivity index (χ1) is 21.6. The van der Waals surface area contributed by atoms with Gasteiger partial charge in [-0.2, -0.15) is 0 Å². The molecule has 1 heterocycles. The Bertz CT molecular complexity index is 1360. The third-order valence-electron chi connectivity index (χ3n) is 7.75. The second kappa shape index (κ2) is 17.6. The van der Waals surface area contributed by atoms with Crippen LogP contribution in [0, 0.1) is 0 Å². The number of hydrogen-bond donors (Lipinski definition) is 7. The Kier molecular flexibility index (Phi) is 13.7. The van der Waals surface area contributed by atoms with Crippen molar-refractivity contribution in [3.8, 4) is 0 Å². The van der Waals surface area contributed by atoms with Crippen molar-refractivity contribution >= 4 is 40.3 Å². The maximum Gasteiger partial charge on any atom is 0.243 e. The van der Waals surface area contributed by atoms with Crippen LogP contribution in [0.15, 0.2) is 54.9 Å². The summed E-state index contributed by atoms with van der Waals surface area (Å²) < 4.78 is 0. The van der Waals surface area contributed by atoms with Gasteiger partial charge >= 0.3 is 0 Å². The molecule has 4 atom stereocenters. The second-order valence-electron chi connectivity index (χ2n) is 11.4. The van der Waals surface area contributed by atoms with Gasteiger partial charge in [-0.3, -0.25) is 24.0 Å². The van der Waals surface area contributed by atoms with Crippen LogP contribution in [0.4, 0.5) is 0 Å². The molecule has 0 unspecified atom stereocenters. The molecule has 1 aliphatic rings. The molecule has 0 aromatic heterocycles. The molecule has 0 aliphatic carbocycles. The van der Waals surface area contributed by atoms with Gasteiger partial charge in [-0.05, 0) is 42.0 Å². The fourth-order valence-corrected chi connectivity index (χ4v) is 5.21. The first-order valence-corrected chi connectivity index (χ1v) is 15.7. The van der Waals surface area contributed by atoms with Gasteiger partial charge in [-0.25, -0.2) is 0 Å². The van der Waals surface area contributed by atoms with Crippen molar-refractivity contribution in [2.24, 2.45) is 5.73 Å². The summed E-state index contributed by atoms with van der Waals surface area (Å²) in [6.07, 6.45) is 3.92. The van der Waals surface area contributed by atoms with Gasteiger partial charge in [0, 0.05) is 13.0 Å². The number of rotatable bonds is 12. The SMILES string of the molecule is C=C(N)NCCC[C@@H]1NC(=O)[C@H](CCCCC)NC(=O)[C@@H](Cc2ccc3ccccc3c2)NC(=O)[C@H](CC)NC(=O)CNC1=O. The van der Waals surface area contributed by atoms with Crippen LogP contribution >= 0.6 is 0 Å². The Labute approximate surface area is 264 Å². The molecule has 5 amide bonds. The summed E-state index contributed by atoms with van der Waals surface area (Å²) in [5, 5.41) is 18.6. The number of benzene rings is 2. The van der Waals surface area contributed by atoms with E-state index in [-0.39, 0.29) is 31.6 Å². The van der Waals surface area contributed by atoms with Gasteiger partial charge in [0.05, 0.1) is 12.4 Å². The molecule has 0 saturated carbocycles. The Morgan fingerprint density at radius 1 is 0.778 bits per heavy atom. The number of fused-ring (bicyclic) bond motifs is 1. The largest absolute Gasteiger partial charge is 0.386 e. The summed E-state index contributed by atoms with van der Waals surface area (Å²) in [7, 11) is 0. The number of nitrogens with two attached hydrogens (primary N) is 1. The number of hydrogen-bond acceptors (Lipinski definition) is 7. The highest BCUT2D eigenvalue weighted by Crippen LogP contribution is 2.17.